The van der Waals surface area contributed by atoms with Gasteiger partial charge in [0.15, 0.2) is 0 Å². The van der Waals surface area contributed by atoms with Crippen molar-refractivity contribution in [3.05, 3.63) is 23.2 Å². The molecule has 128 valence electrons. The first-order valence-electron chi connectivity index (χ1n) is 8.08. The number of hydrogen-bond acceptors (Lipinski definition) is 3. The van der Waals surface area contributed by atoms with Crippen LogP contribution in [0.2, 0.25) is 5.02 Å². The Kier molecular flexibility index (Phi) is 6.18. The fourth-order valence-electron chi connectivity index (χ4n) is 3.33. The van der Waals surface area contributed by atoms with Gasteiger partial charge in [-0.05, 0) is 62.4 Å². The highest BCUT2D eigenvalue weighted by molar-refractivity contribution is 6.32. The van der Waals surface area contributed by atoms with E-state index in [4.69, 9.17) is 16.3 Å². The molecule has 1 spiro atoms. The fourth-order valence-corrected chi connectivity index (χ4v) is 3.57. The quantitative estimate of drug-likeness (QED) is 0.839. The average molecular weight is 359 g/mol. The molecule has 1 unspecified atom stereocenters. The van der Waals surface area contributed by atoms with E-state index >= 15 is 0 Å². The van der Waals surface area contributed by atoms with Crippen LogP contribution < -0.4 is 15.4 Å². The lowest BCUT2D eigenvalue weighted by atomic mass is 9.92. The summed E-state index contributed by atoms with van der Waals surface area (Å²) in [5.41, 5.74) is 0.998. The third-order valence-corrected chi connectivity index (χ3v) is 5.06. The highest BCUT2D eigenvalue weighted by Crippen LogP contribution is 2.58. The van der Waals surface area contributed by atoms with Crippen LogP contribution >= 0.6 is 24.0 Å². The van der Waals surface area contributed by atoms with Crippen LogP contribution in [0.5, 0.6) is 5.75 Å². The monoisotopic (exact) mass is 358 g/mol. The van der Waals surface area contributed by atoms with Gasteiger partial charge in [-0.15, -0.1) is 12.4 Å². The first kappa shape index (κ1) is 18.4. The molecule has 1 aliphatic heterocycles. The fraction of sp³-hybridized carbons (Fsp3) is 0.588. The van der Waals surface area contributed by atoms with Crippen molar-refractivity contribution in [1.82, 2.24) is 5.32 Å². The molecule has 0 bridgehead atoms. The molecule has 0 radical (unpaired) electrons. The molecule has 1 heterocycles. The van der Waals surface area contributed by atoms with Gasteiger partial charge in [-0.1, -0.05) is 18.5 Å². The summed E-state index contributed by atoms with van der Waals surface area (Å²) in [6, 6.07) is 5.44. The molecule has 1 aromatic rings. The average Bonchev–Trinajstić information content (AvgIpc) is 3.20. The molecule has 2 fully saturated rings. The minimum absolute atomic E-state index is 0. The van der Waals surface area contributed by atoms with E-state index in [0.717, 1.165) is 44.5 Å². The van der Waals surface area contributed by atoms with Gasteiger partial charge in [0, 0.05) is 11.6 Å². The van der Waals surface area contributed by atoms with Crippen LogP contribution in [0.4, 0.5) is 5.69 Å². The molecule has 0 aromatic heterocycles. The van der Waals surface area contributed by atoms with Crippen LogP contribution in [0.3, 0.4) is 0 Å². The van der Waals surface area contributed by atoms with Crippen LogP contribution in [0.1, 0.15) is 32.6 Å². The van der Waals surface area contributed by atoms with Crippen LogP contribution in [0.25, 0.3) is 0 Å². The van der Waals surface area contributed by atoms with Crippen molar-refractivity contribution < 1.29 is 9.53 Å². The second kappa shape index (κ2) is 7.73. The Morgan fingerprint density at radius 2 is 2.17 bits per heavy atom. The number of nitrogens with one attached hydrogen (secondary N) is 2. The zero-order valence-electron chi connectivity index (χ0n) is 13.4. The van der Waals surface area contributed by atoms with E-state index in [1.54, 1.807) is 6.07 Å². The highest BCUT2D eigenvalue weighted by Gasteiger charge is 2.57. The van der Waals surface area contributed by atoms with Crippen molar-refractivity contribution in [2.24, 2.45) is 11.3 Å². The van der Waals surface area contributed by atoms with Gasteiger partial charge in [-0.25, -0.2) is 0 Å². The van der Waals surface area contributed by atoms with Crippen LogP contribution in [0.15, 0.2) is 18.2 Å². The Labute approximate surface area is 148 Å². The third kappa shape index (κ3) is 4.11. The summed E-state index contributed by atoms with van der Waals surface area (Å²) >= 11 is 6.20. The van der Waals surface area contributed by atoms with Crippen molar-refractivity contribution in [2.45, 2.75) is 32.6 Å². The third-order valence-electron chi connectivity index (χ3n) is 4.77. The summed E-state index contributed by atoms with van der Waals surface area (Å²) in [5, 5.41) is 6.90. The topological polar surface area (TPSA) is 50.4 Å². The molecule has 1 atom stereocenters. The van der Waals surface area contributed by atoms with Gasteiger partial charge in [0.25, 0.3) is 0 Å². The first-order chi connectivity index (χ1) is 10.6. The molecule has 2 aliphatic rings. The van der Waals surface area contributed by atoms with E-state index in [0.29, 0.717) is 17.4 Å². The zero-order valence-corrected chi connectivity index (χ0v) is 14.9. The Balaban J connectivity index is 0.00000192. The molecule has 6 heteroatoms. The molecule has 1 aromatic carbocycles. The molecule has 1 amide bonds. The van der Waals surface area contributed by atoms with Crippen molar-refractivity contribution in [2.75, 3.05) is 25.0 Å². The largest absolute Gasteiger partial charge is 0.492 e. The lowest BCUT2D eigenvalue weighted by Crippen LogP contribution is -2.31. The molecule has 1 aliphatic carbocycles. The van der Waals surface area contributed by atoms with Gasteiger partial charge in [0.05, 0.1) is 11.6 Å². The number of amides is 1. The Hall–Kier alpha value is -0.970. The Bertz CT molecular complexity index is 560. The van der Waals surface area contributed by atoms with Crippen molar-refractivity contribution in [3.63, 3.8) is 0 Å². The number of hydrogen-bond donors (Lipinski definition) is 2. The maximum atomic E-state index is 12.4. The van der Waals surface area contributed by atoms with E-state index in [1.807, 2.05) is 12.1 Å². The van der Waals surface area contributed by atoms with Crippen molar-refractivity contribution in [3.8, 4) is 5.75 Å². The lowest BCUT2D eigenvalue weighted by Gasteiger charge is -2.23. The Morgan fingerprint density at radius 1 is 1.43 bits per heavy atom. The summed E-state index contributed by atoms with van der Waals surface area (Å²) in [7, 11) is 0. The van der Waals surface area contributed by atoms with E-state index in [2.05, 4.69) is 17.6 Å². The van der Waals surface area contributed by atoms with E-state index in [-0.39, 0.29) is 29.6 Å². The van der Waals surface area contributed by atoms with Gasteiger partial charge in [-0.3, -0.25) is 4.79 Å². The first-order valence-corrected chi connectivity index (χ1v) is 8.46. The molecule has 4 nitrogen and oxygen atoms in total. The SMILES string of the molecule is CCCOc1ccc(NC(=O)C2CC23CCNCC3)cc1Cl.Cl. The van der Waals surface area contributed by atoms with Crippen molar-refractivity contribution in [1.29, 1.82) is 0 Å². The minimum atomic E-state index is 0. The highest BCUT2D eigenvalue weighted by atomic mass is 35.5. The number of benzene rings is 1. The summed E-state index contributed by atoms with van der Waals surface area (Å²) in [6.45, 7) is 4.75. The summed E-state index contributed by atoms with van der Waals surface area (Å²) in [4.78, 5) is 12.4. The number of carbonyl (C=O) groups excluding carboxylic acids is 1. The van der Waals surface area contributed by atoms with Crippen LogP contribution in [-0.2, 0) is 4.79 Å². The lowest BCUT2D eigenvalue weighted by molar-refractivity contribution is -0.118. The van der Waals surface area contributed by atoms with Gasteiger partial charge in [0.2, 0.25) is 5.91 Å². The van der Waals surface area contributed by atoms with Gasteiger partial charge < -0.3 is 15.4 Å². The van der Waals surface area contributed by atoms with Crippen LogP contribution in [0, 0.1) is 11.3 Å². The predicted octanol–water partition coefficient (Wildman–Crippen LogP) is 3.88. The summed E-state index contributed by atoms with van der Waals surface area (Å²) in [6.07, 6.45) is 4.17. The number of piperidine rings is 1. The number of carbonyl (C=O) groups is 1. The maximum absolute atomic E-state index is 12.4. The minimum Gasteiger partial charge on any atom is -0.492 e. The molecular formula is C17H24Cl2N2O2. The molecule has 1 saturated heterocycles. The molecule has 2 N–H and O–H groups in total. The maximum Gasteiger partial charge on any atom is 0.228 e. The van der Waals surface area contributed by atoms with Gasteiger partial charge in [0.1, 0.15) is 5.75 Å². The number of anilines is 1. The van der Waals surface area contributed by atoms with Gasteiger partial charge in [-0.2, -0.15) is 0 Å². The second-order valence-corrected chi connectivity index (χ2v) is 6.76. The summed E-state index contributed by atoms with van der Waals surface area (Å²) < 4.78 is 5.54. The zero-order chi connectivity index (χ0) is 15.6. The second-order valence-electron chi connectivity index (χ2n) is 6.35. The summed E-state index contributed by atoms with van der Waals surface area (Å²) in [5.74, 6) is 0.951. The molecule has 3 rings (SSSR count). The number of rotatable bonds is 5. The number of ether oxygens (including phenoxy) is 1. The van der Waals surface area contributed by atoms with Crippen molar-refractivity contribution >= 4 is 35.6 Å². The van der Waals surface area contributed by atoms with Crippen LogP contribution in [-0.4, -0.2) is 25.6 Å². The number of halogens is 2. The van der Waals surface area contributed by atoms with E-state index in [1.165, 1.54) is 0 Å². The standard InChI is InChI=1S/C17H23ClN2O2.ClH/c1-2-9-22-15-4-3-12(10-14(15)18)20-16(21)13-11-17(13)5-7-19-8-6-17;/h3-4,10,13,19H,2,5-9,11H2,1H3,(H,20,21);1H. The molecule has 1 saturated carbocycles. The predicted molar refractivity (Wildman–Crippen MR) is 95.8 cm³/mol. The Morgan fingerprint density at radius 3 is 2.83 bits per heavy atom. The molecular weight excluding hydrogens is 335 g/mol. The van der Waals surface area contributed by atoms with E-state index in [9.17, 15) is 4.79 Å². The molecule has 23 heavy (non-hydrogen) atoms. The normalized spacial score (nSPS) is 21.4. The van der Waals surface area contributed by atoms with E-state index < -0.39 is 0 Å². The van der Waals surface area contributed by atoms with Gasteiger partial charge >= 0.3 is 0 Å². The smallest absolute Gasteiger partial charge is 0.228 e.